The summed E-state index contributed by atoms with van der Waals surface area (Å²) in [4.78, 5) is 36.6. The molecule has 5 heteroatoms. The fraction of sp³-hybridized carbons (Fsp3) is 0.235. The molecule has 2 amide bonds. The summed E-state index contributed by atoms with van der Waals surface area (Å²) in [7, 11) is 0. The summed E-state index contributed by atoms with van der Waals surface area (Å²) < 4.78 is 0. The van der Waals surface area contributed by atoms with Crippen LogP contribution in [0.1, 0.15) is 11.1 Å². The number of imide groups is 1. The van der Waals surface area contributed by atoms with E-state index in [0.29, 0.717) is 0 Å². The monoisotopic (exact) mass is 294 g/mol. The molecule has 1 aromatic rings. The quantitative estimate of drug-likeness (QED) is 0.780. The number of hydrogen-bond donors (Lipinski definition) is 2. The first-order valence-corrected chi connectivity index (χ1v) is 7.16. The molecule has 110 valence electrons. The highest BCUT2D eigenvalue weighted by Gasteiger charge is 2.65. The fourth-order valence-corrected chi connectivity index (χ4v) is 3.97. The Bertz CT molecular complexity index is 767. The summed E-state index contributed by atoms with van der Waals surface area (Å²) in [6.07, 6.45) is 4.92. The van der Waals surface area contributed by atoms with Crippen molar-refractivity contribution in [3.05, 3.63) is 54.1 Å². The third kappa shape index (κ3) is 1.43. The van der Waals surface area contributed by atoms with Gasteiger partial charge in [0.15, 0.2) is 5.78 Å². The van der Waals surface area contributed by atoms with E-state index >= 15 is 0 Å². The molecule has 4 unspecified atom stereocenters. The zero-order valence-corrected chi connectivity index (χ0v) is 11.7. The molecule has 4 atom stereocenters. The Kier molecular flexibility index (Phi) is 2.53. The Balaban J connectivity index is 1.98. The van der Waals surface area contributed by atoms with Crippen molar-refractivity contribution in [1.29, 1.82) is 0 Å². The molecule has 2 fully saturated rings. The van der Waals surface area contributed by atoms with Crippen LogP contribution in [-0.2, 0) is 19.9 Å². The van der Waals surface area contributed by atoms with Gasteiger partial charge in [-0.1, -0.05) is 43.0 Å². The molecule has 22 heavy (non-hydrogen) atoms. The number of fused-ring (bicyclic) bond motifs is 5. The van der Waals surface area contributed by atoms with E-state index in [2.05, 4.69) is 17.2 Å². The lowest BCUT2D eigenvalue weighted by atomic mass is 9.75. The van der Waals surface area contributed by atoms with Gasteiger partial charge in [0.1, 0.15) is 0 Å². The summed E-state index contributed by atoms with van der Waals surface area (Å²) in [5.74, 6) is -2.14. The minimum atomic E-state index is -0.843. The van der Waals surface area contributed by atoms with Gasteiger partial charge in [0.2, 0.25) is 11.8 Å². The first kappa shape index (κ1) is 13.2. The Morgan fingerprint density at radius 3 is 2.68 bits per heavy atom. The second-order valence-electron chi connectivity index (χ2n) is 5.88. The molecule has 1 aromatic carbocycles. The number of benzene rings is 1. The van der Waals surface area contributed by atoms with E-state index < -0.39 is 23.4 Å². The van der Waals surface area contributed by atoms with Crippen LogP contribution in [-0.4, -0.2) is 23.6 Å². The van der Waals surface area contributed by atoms with Crippen molar-refractivity contribution in [3.63, 3.8) is 0 Å². The lowest BCUT2D eigenvalue weighted by molar-refractivity contribution is -0.129. The zero-order chi connectivity index (χ0) is 15.5. The van der Waals surface area contributed by atoms with E-state index in [9.17, 15) is 14.4 Å². The summed E-state index contributed by atoms with van der Waals surface area (Å²) in [6.45, 7) is 3.81. The van der Waals surface area contributed by atoms with Crippen molar-refractivity contribution in [2.24, 2.45) is 11.8 Å². The normalized spacial score (nSPS) is 35.5. The third-order valence-corrected chi connectivity index (χ3v) is 4.88. The number of carbonyl (C=O) groups is 3. The maximum absolute atomic E-state index is 12.4. The summed E-state index contributed by atoms with van der Waals surface area (Å²) in [5, 5.41) is 5.61. The molecular formula is C17H14N2O3. The SMILES string of the molecule is C=Cc1ccccc1C12C=CC(=O)C(N1)C1C(=O)NC(=O)C12. The van der Waals surface area contributed by atoms with Crippen molar-refractivity contribution in [3.8, 4) is 0 Å². The number of hydrogen-bond acceptors (Lipinski definition) is 4. The Labute approximate surface area is 127 Å². The van der Waals surface area contributed by atoms with Crippen molar-refractivity contribution in [1.82, 2.24) is 10.6 Å². The molecule has 4 rings (SSSR count). The first-order chi connectivity index (χ1) is 10.6. The number of rotatable bonds is 2. The average molecular weight is 294 g/mol. The molecule has 0 radical (unpaired) electrons. The van der Waals surface area contributed by atoms with Crippen LogP contribution in [0.15, 0.2) is 43.0 Å². The molecule has 3 aliphatic heterocycles. The van der Waals surface area contributed by atoms with Gasteiger partial charge in [-0.05, 0) is 17.2 Å². The maximum Gasteiger partial charge on any atom is 0.233 e. The molecule has 0 saturated carbocycles. The standard InChI is InChI=1S/C17H14N2O3/c1-2-9-5-3-4-6-10(9)17-8-7-11(20)14(19-17)12-13(17)16(22)18-15(12)21/h2-8,12-14,19H,1H2,(H,18,21,22). The predicted molar refractivity (Wildman–Crippen MR) is 79.4 cm³/mol. The van der Waals surface area contributed by atoms with Crippen LogP contribution < -0.4 is 10.6 Å². The van der Waals surface area contributed by atoms with E-state index in [1.807, 2.05) is 24.3 Å². The van der Waals surface area contributed by atoms with E-state index in [4.69, 9.17) is 0 Å². The summed E-state index contributed by atoms with van der Waals surface area (Å²) in [5.41, 5.74) is 0.890. The maximum atomic E-state index is 12.4. The fourth-order valence-electron chi connectivity index (χ4n) is 3.97. The molecule has 2 saturated heterocycles. The van der Waals surface area contributed by atoms with Crippen LogP contribution >= 0.6 is 0 Å². The van der Waals surface area contributed by atoms with E-state index in [1.54, 1.807) is 12.2 Å². The van der Waals surface area contributed by atoms with Crippen LogP contribution in [0.2, 0.25) is 0 Å². The average Bonchev–Trinajstić information content (AvgIpc) is 2.99. The Morgan fingerprint density at radius 1 is 1.14 bits per heavy atom. The topological polar surface area (TPSA) is 75.3 Å². The molecule has 3 aliphatic rings. The molecule has 5 nitrogen and oxygen atoms in total. The van der Waals surface area contributed by atoms with Gasteiger partial charge in [-0.2, -0.15) is 0 Å². The van der Waals surface area contributed by atoms with Crippen molar-refractivity contribution in [2.75, 3.05) is 0 Å². The first-order valence-electron chi connectivity index (χ1n) is 7.16. The van der Waals surface area contributed by atoms with E-state index in [1.165, 1.54) is 6.08 Å². The van der Waals surface area contributed by atoms with Crippen LogP contribution in [0.25, 0.3) is 6.08 Å². The van der Waals surface area contributed by atoms with Crippen molar-refractivity contribution in [2.45, 2.75) is 11.6 Å². The van der Waals surface area contributed by atoms with E-state index in [-0.39, 0.29) is 17.6 Å². The second-order valence-corrected chi connectivity index (χ2v) is 5.88. The second kappa shape index (κ2) is 4.24. The summed E-state index contributed by atoms with van der Waals surface area (Å²) >= 11 is 0. The molecule has 0 spiro atoms. The van der Waals surface area contributed by atoms with Gasteiger partial charge in [-0.25, -0.2) is 0 Å². The van der Waals surface area contributed by atoms with Gasteiger partial charge in [-0.15, -0.1) is 0 Å². The van der Waals surface area contributed by atoms with Crippen LogP contribution in [0.5, 0.6) is 0 Å². The molecule has 2 N–H and O–H groups in total. The zero-order valence-electron chi connectivity index (χ0n) is 11.7. The van der Waals surface area contributed by atoms with Crippen LogP contribution in [0, 0.1) is 11.8 Å². The smallest absolute Gasteiger partial charge is 0.233 e. The molecule has 0 aromatic heterocycles. The van der Waals surface area contributed by atoms with Crippen LogP contribution in [0.4, 0.5) is 0 Å². The van der Waals surface area contributed by atoms with Gasteiger partial charge in [0.05, 0.1) is 23.4 Å². The molecule has 3 heterocycles. The van der Waals surface area contributed by atoms with Gasteiger partial charge in [0, 0.05) is 0 Å². The minimum absolute atomic E-state index is 0.163. The molecule has 2 bridgehead atoms. The largest absolute Gasteiger partial charge is 0.296 e. The van der Waals surface area contributed by atoms with Gasteiger partial charge in [0.25, 0.3) is 0 Å². The van der Waals surface area contributed by atoms with Gasteiger partial charge in [-0.3, -0.25) is 25.0 Å². The summed E-state index contributed by atoms with van der Waals surface area (Å²) in [6, 6.07) is 6.91. The third-order valence-electron chi connectivity index (χ3n) is 4.88. The predicted octanol–water partition coefficient (Wildman–Crippen LogP) is 0.524. The highest BCUT2D eigenvalue weighted by atomic mass is 16.2. The Morgan fingerprint density at radius 2 is 1.91 bits per heavy atom. The molecule has 0 aliphatic carbocycles. The minimum Gasteiger partial charge on any atom is -0.296 e. The number of amides is 2. The van der Waals surface area contributed by atoms with E-state index in [0.717, 1.165) is 11.1 Å². The number of ketones is 1. The highest BCUT2D eigenvalue weighted by Crippen LogP contribution is 2.49. The lowest BCUT2D eigenvalue weighted by Crippen LogP contribution is -2.51. The van der Waals surface area contributed by atoms with Crippen molar-refractivity contribution >= 4 is 23.7 Å². The Hall–Kier alpha value is -2.53. The number of nitrogens with one attached hydrogen (secondary N) is 2. The lowest BCUT2D eigenvalue weighted by Gasteiger charge is -2.34. The molecular weight excluding hydrogens is 280 g/mol. The number of carbonyl (C=O) groups excluding carboxylic acids is 3. The van der Waals surface area contributed by atoms with Crippen LogP contribution in [0.3, 0.4) is 0 Å². The van der Waals surface area contributed by atoms with Gasteiger partial charge >= 0.3 is 0 Å². The van der Waals surface area contributed by atoms with Gasteiger partial charge < -0.3 is 0 Å². The van der Waals surface area contributed by atoms with Crippen molar-refractivity contribution < 1.29 is 14.4 Å². The highest BCUT2D eigenvalue weighted by molar-refractivity contribution is 6.12.